The van der Waals surface area contributed by atoms with Crippen molar-refractivity contribution < 1.29 is 14.6 Å². The number of carboxylic acid groups (broad SMARTS) is 1. The quantitative estimate of drug-likeness (QED) is 0.225. The Hall–Kier alpha value is -3.01. The largest absolute Gasteiger partial charge is 0.486 e. The van der Waals surface area contributed by atoms with E-state index in [1.54, 1.807) is 42.5 Å². The molecule has 184 valence electrons. The first-order valence-electron chi connectivity index (χ1n) is 10.8. The zero-order valence-corrected chi connectivity index (χ0v) is 23.1. The molecule has 10 heteroatoms. The second kappa shape index (κ2) is 10.9. The first kappa shape index (κ1) is 26.1. The van der Waals surface area contributed by atoms with Crippen molar-refractivity contribution in [2.24, 2.45) is 5.10 Å². The van der Waals surface area contributed by atoms with Gasteiger partial charge in [0, 0.05) is 10.4 Å². The van der Waals surface area contributed by atoms with Gasteiger partial charge in [0.05, 0.1) is 32.2 Å². The molecule has 4 aromatic rings. The van der Waals surface area contributed by atoms with Gasteiger partial charge in [0.2, 0.25) is 0 Å². The van der Waals surface area contributed by atoms with Crippen molar-refractivity contribution in [3.63, 3.8) is 0 Å². The summed E-state index contributed by atoms with van der Waals surface area (Å²) in [7, 11) is 0. The maximum atomic E-state index is 13.2. The number of halogens is 3. The normalized spacial score (nSPS) is 11.5. The van der Waals surface area contributed by atoms with Crippen LogP contribution in [-0.2, 0) is 6.61 Å². The maximum Gasteiger partial charge on any atom is 0.335 e. The molecule has 0 aliphatic rings. The van der Waals surface area contributed by atoms with Crippen molar-refractivity contribution in [1.82, 2.24) is 9.66 Å². The highest BCUT2D eigenvalue weighted by Crippen LogP contribution is 2.35. The van der Waals surface area contributed by atoms with E-state index >= 15 is 0 Å². The van der Waals surface area contributed by atoms with Crippen LogP contribution >= 0.6 is 43.5 Å². The maximum absolute atomic E-state index is 13.2. The van der Waals surface area contributed by atoms with Crippen LogP contribution in [0.4, 0.5) is 0 Å². The molecule has 0 fully saturated rings. The second-order valence-corrected chi connectivity index (χ2v) is 10.4. The molecular formula is C26H20Br2ClN3O4. The van der Waals surface area contributed by atoms with E-state index < -0.39 is 5.97 Å². The fourth-order valence-electron chi connectivity index (χ4n) is 3.52. The number of hydrogen-bond donors (Lipinski definition) is 1. The summed E-state index contributed by atoms with van der Waals surface area (Å²) in [4.78, 5) is 29.0. The van der Waals surface area contributed by atoms with E-state index in [1.807, 2.05) is 19.9 Å². The molecule has 0 unspecified atom stereocenters. The van der Waals surface area contributed by atoms with E-state index in [1.165, 1.54) is 17.0 Å². The van der Waals surface area contributed by atoms with Crippen LogP contribution in [0.3, 0.4) is 0 Å². The Morgan fingerprint density at radius 2 is 1.97 bits per heavy atom. The van der Waals surface area contributed by atoms with Crippen LogP contribution in [0.25, 0.3) is 10.9 Å². The minimum atomic E-state index is -1.01. The second-order valence-electron chi connectivity index (χ2n) is 8.26. The monoisotopic (exact) mass is 631 g/mol. The Morgan fingerprint density at radius 1 is 1.19 bits per heavy atom. The topological polar surface area (TPSA) is 93.8 Å². The van der Waals surface area contributed by atoms with E-state index in [0.29, 0.717) is 43.1 Å². The molecule has 0 amide bonds. The molecule has 0 saturated heterocycles. The van der Waals surface area contributed by atoms with Gasteiger partial charge in [-0.1, -0.05) is 53.5 Å². The SMILES string of the molecule is CC(C)c1nc2ccc(Br)cc2c(=O)n1N=Cc1cc(Cl)c(OCc2cccc(C(=O)O)c2)c(Br)c1. The first-order valence-corrected chi connectivity index (χ1v) is 12.8. The Morgan fingerprint density at radius 3 is 2.67 bits per heavy atom. The molecule has 0 radical (unpaired) electrons. The molecule has 1 aromatic heterocycles. The Balaban J connectivity index is 1.63. The third kappa shape index (κ3) is 5.69. The van der Waals surface area contributed by atoms with Crippen molar-refractivity contribution in [3.05, 3.63) is 101 Å². The predicted octanol–water partition coefficient (Wildman–Crippen LogP) is 6.86. The van der Waals surface area contributed by atoms with Gasteiger partial charge in [0.25, 0.3) is 5.56 Å². The van der Waals surface area contributed by atoms with E-state index in [9.17, 15) is 9.59 Å². The summed E-state index contributed by atoms with van der Waals surface area (Å²) in [5, 5.41) is 14.4. The molecule has 0 aliphatic carbocycles. The summed E-state index contributed by atoms with van der Waals surface area (Å²) in [6.45, 7) is 4.03. The molecule has 0 spiro atoms. The lowest BCUT2D eigenvalue weighted by Crippen LogP contribution is -2.23. The summed E-state index contributed by atoms with van der Waals surface area (Å²) in [5.41, 5.74) is 1.86. The molecular weight excluding hydrogens is 614 g/mol. The van der Waals surface area contributed by atoms with Gasteiger partial charge in [-0.15, -0.1) is 0 Å². The van der Waals surface area contributed by atoms with Crippen molar-refractivity contribution >= 4 is 66.5 Å². The summed E-state index contributed by atoms with van der Waals surface area (Å²) in [6.07, 6.45) is 1.54. The van der Waals surface area contributed by atoms with Gasteiger partial charge in [-0.3, -0.25) is 4.79 Å². The van der Waals surface area contributed by atoms with Gasteiger partial charge in [0.1, 0.15) is 12.4 Å². The van der Waals surface area contributed by atoms with Crippen LogP contribution < -0.4 is 10.3 Å². The number of carboxylic acids is 1. The lowest BCUT2D eigenvalue weighted by molar-refractivity contribution is 0.0696. The van der Waals surface area contributed by atoms with Crippen LogP contribution in [0.2, 0.25) is 5.02 Å². The number of fused-ring (bicyclic) bond motifs is 1. The van der Waals surface area contributed by atoms with Crippen molar-refractivity contribution in [3.8, 4) is 5.75 Å². The third-order valence-corrected chi connectivity index (χ3v) is 6.61. The smallest absolute Gasteiger partial charge is 0.335 e. The Labute approximate surface area is 228 Å². The van der Waals surface area contributed by atoms with Crippen LogP contribution in [0.15, 0.2) is 73.4 Å². The molecule has 0 bridgehead atoms. The molecule has 1 heterocycles. The van der Waals surface area contributed by atoms with Crippen LogP contribution in [0, 0.1) is 0 Å². The number of nitrogens with zero attached hydrogens (tertiary/aromatic N) is 3. The predicted molar refractivity (Wildman–Crippen MR) is 148 cm³/mol. The summed E-state index contributed by atoms with van der Waals surface area (Å²) in [5.74, 6) is -0.0890. The van der Waals surface area contributed by atoms with Crippen molar-refractivity contribution in [2.75, 3.05) is 0 Å². The first-order chi connectivity index (χ1) is 17.1. The van der Waals surface area contributed by atoms with E-state index in [-0.39, 0.29) is 23.6 Å². The minimum absolute atomic E-state index is 0.0337. The average molecular weight is 634 g/mol. The average Bonchev–Trinajstić information content (AvgIpc) is 2.83. The highest BCUT2D eigenvalue weighted by molar-refractivity contribution is 9.10. The Kier molecular flexibility index (Phi) is 7.92. The van der Waals surface area contributed by atoms with Crippen LogP contribution in [-0.4, -0.2) is 27.0 Å². The standard InChI is InChI=1S/C26H20Br2ClN3O4/c1-14(2)24-31-22-7-6-18(27)11-19(22)25(33)32(24)30-12-16-9-20(28)23(21(29)10-16)36-13-15-4-3-5-17(8-15)26(34)35/h3-12,14H,13H2,1-2H3,(H,34,35). The summed E-state index contributed by atoms with van der Waals surface area (Å²) in [6, 6.07) is 15.3. The Bertz CT molecular complexity index is 1540. The highest BCUT2D eigenvalue weighted by atomic mass is 79.9. The number of benzene rings is 3. The minimum Gasteiger partial charge on any atom is -0.486 e. The van der Waals surface area contributed by atoms with Gasteiger partial charge >= 0.3 is 5.97 Å². The van der Waals surface area contributed by atoms with Gasteiger partial charge in [0.15, 0.2) is 5.75 Å². The molecule has 0 aliphatic heterocycles. The van der Waals surface area contributed by atoms with Crippen LogP contribution in [0.1, 0.15) is 47.1 Å². The molecule has 4 rings (SSSR count). The molecule has 7 nitrogen and oxygen atoms in total. The molecule has 3 aromatic carbocycles. The van der Waals surface area contributed by atoms with Gasteiger partial charge in [-0.25, -0.2) is 9.78 Å². The van der Waals surface area contributed by atoms with Crippen molar-refractivity contribution in [1.29, 1.82) is 0 Å². The number of hydrogen-bond acceptors (Lipinski definition) is 5. The van der Waals surface area contributed by atoms with Gasteiger partial charge < -0.3 is 9.84 Å². The fourth-order valence-corrected chi connectivity index (χ4v) is 4.87. The van der Waals surface area contributed by atoms with Gasteiger partial charge in [-0.05, 0) is 69.5 Å². The fraction of sp³-hybridized carbons (Fsp3) is 0.154. The van der Waals surface area contributed by atoms with Gasteiger partial charge in [-0.2, -0.15) is 9.78 Å². The van der Waals surface area contributed by atoms with E-state index in [4.69, 9.17) is 21.4 Å². The molecule has 36 heavy (non-hydrogen) atoms. The zero-order valence-electron chi connectivity index (χ0n) is 19.2. The van der Waals surface area contributed by atoms with Crippen LogP contribution in [0.5, 0.6) is 5.75 Å². The lowest BCUT2D eigenvalue weighted by atomic mass is 10.1. The molecule has 0 atom stereocenters. The number of carbonyl (C=O) groups is 1. The number of aromatic nitrogens is 2. The zero-order chi connectivity index (χ0) is 26.0. The molecule has 0 saturated carbocycles. The molecule has 1 N–H and O–H groups in total. The van der Waals surface area contributed by atoms with E-state index in [2.05, 4.69) is 41.9 Å². The summed E-state index contributed by atoms with van der Waals surface area (Å²) >= 11 is 13.4. The van der Waals surface area contributed by atoms with E-state index in [0.717, 1.165) is 4.47 Å². The number of rotatable bonds is 7. The third-order valence-electron chi connectivity index (χ3n) is 5.25. The number of ether oxygens (including phenoxy) is 1. The van der Waals surface area contributed by atoms with Crippen molar-refractivity contribution in [2.45, 2.75) is 26.4 Å². The lowest BCUT2D eigenvalue weighted by Gasteiger charge is -2.13. The number of aromatic carboxylic acids is 1. The highest BCUT2D eigenvalue weighted by Gasteiger charge is 2.15. The summed E-state index contributed by atoms with van der Waals surface area (Å²) < 4.78 is 8.52.